The minimum Gasteiger partial charge on any atom is -0.495 e. The predicted molar refractivity (Wildman–Crippen MR) is 62.9 cm³/mol. The summed E-state index contributed by atoms with van der Waals surface area (Å²) >= 11 is 0. The SMILES string of the molecule is COc1cncc(N2C[C@@H]3CCNC[C@@H]32)c1. The van der Waals surface area contributed by atoms with Gasteiger partial charge in [-0.25, -0.2) is 0 Å². The van der Waals surface area contributed by atoms with Crippen molar-refractivity contribution in [2.24, 2.45) is 5.92 Å². The Kier molecular flexibility index (Phi) is 2.44. The van der Waals surface area contributed by atoms with Crippen molar-refractivity contribution in [3.8, 4) is 5.75 Å². The number of pyridine rings is 1. The molecule has 1 aromatic heterocycles. The molecule has 4 nitrogen and oxygen atoms in total. The maximum atomic E-state index is 5.20. The summed E-state index contributed by atoms with van der Waals surface area (Å²) in [6, 6.07) is 2.72. The zero-order chi connectivity index (χ0) is 11.0. The number of anilines is 1. The van der Waals surface area contributed by atoms with Gasteiger partial charge in [-0.15, -0.1) is 0 Å². The quantitative estimate of drug-likeness (QED) is 0.801. The molecule has 2 aliphatic heterocycles. The van der Waals surface area contributed by atoms with Gasteiger partial charge >= 0.3 is 0 Å². The lowest BCUT2D eigenvalue weighted by Crippen LogP contribution is -2.63. The Morgan fingerprint density at radius 2 is 2.44 bits per heavy atom. The Balaban J connectivity index is 1.77. The molecule has 16 heavy (non-hydrogen) atoms. The Bertz CT molecular complexity index is 382. The lowest BCUT2D eigenvalue weighted by molar-refractivity contribution is 0.229. The van der Waals surface area contributed by atoms with Crippen LogP contribution in [-0.2, 0) is 0 Å². The van der Waals surface area contributed by atoms with Gasteiger partial charge in [0, 0.05) is 25.2 Å². The third kappa shape index (κ3) is 1.53. The van der Waals surface area contributed by atoms with Crippen molar-refractivity contribution in [3.63, 3.8) is 0 Å². The lowest BCUT2D eigenvalue weighted by Gasteiger charge is -2.52. The van der Waals surface area contributed by atoms with Gasteiger partial charge in [0.15, 0.2) is 0 Å². The van der Waals surface area contributed by atoms with E-state index in [4.69, 9.17) is 4.74 Å². The average molecular weight is 219 g/mol. The summed E-state index contributed by atoms with van der Waals surface area (Å²) in [7, 11) is 1.68. The molecule has 3 rings (SSSR count). The zero-order valence-corrected chi connectivity index (χ0v) is 9.52. The summed E-state index contributed by atoms with van der Waals surface area (Å²) in [5.41, 5.74) is 1.18. The number of rotatable bonds is 2. The highest BCUT2D eigenvalue weighted by Gasteiger charge is 2.40. The number of fused-ring (bicyclic) bond motifs is 1. The van der Waals surface area contributed by atoms with E-state index in [1.807, 2.05) is 6.20 Å². The van der Waals surface area contributed by atoms with Gasteiger partial charge in [0.25, 0.3) is 0 Å². The molecular weight excluding hydrogens is 202 g/mol. The molecule has 0 saturated carbocycles. The smallest absolute Gasteiger partial charge is 0.139 e. The maximum Gasteiger partial charge on any atom is 0.139 e. The molecular formula is C12H17N3O. The van der Waals surface area contributed by atoms with Crippen molar-refractivity contribution >= 4 is 5.69 Å². The molecule has 2 fully saturated rings. The van der Waals surface area contributed by atoms with E-state index < -0.39 is 0 Å². The summed E-state index contributed by atoms with van der Waals surface area (Å²) < 4.78 is 5.20. The molecule has 2 atom stereocenters. The highest BCUT2D eigenvalue weighted by Crippen LogP contribution is 2.35. The van der Waals surface area contributed by atoms with Crippen molar-refractivity contribution in [1.82, 2.24) is 10.3 Å². The number of piperidine rings is 1. The number of nitrogens with zero attached hydrogens (tertiary/aromatic N) is 2. The van der Waals surface area contributed by atoms with E-state index in [0.29, 0.717) is 6.04 Å². The summed E-state index contributed by atoms with van der Waals surface area (Å²) in [6.07, 6.45) is 4.98. The summed E-state index contributed by atoms with van der Waals surface area (Å²) in [4.78, 5) is 6.63. The average Bonchev–Trinajstić information content (AvgIpc) is 2.31. The van der Waals surface area contributed by atoms with Crippen LogP contribution in [0.5, 0.6) is 5.75 Å². The van der Waals surface area contributed by atoms with Crippen LogP contribution < -0.4 is 15.0 Å². The fraction of sp³-hybridized carbons (Fsp3) is 0.583. The van der Waals surface area contributed by atoms with E-state index in [2.05, 4.69) is 21.3 Å². The van der Waals surface area contributed by atoms with E-state index >= 15 is 0 Å². The number of hydrogen-bond donors (Lipinski definition) is 1. The van der Waals surface area contributed by atoms with E-state index in [1.165, 1.54) is 25.2 Å². The van der Waals surface area contributed by atoms with Crippen LogP contribution in [0.3, 0.4) is 0 Å². The van der Waals surface area contributed by atoms with Crippen LogP contribution >= 0.6 is 0 Å². The van der Waals surface area contributed by atoms with Gasteiger partial charge in [-0.3, -0.25) is 4.98 Å². The van der Waals surface area contributed by atoms with Crippen LogP contribution in [0.1, 0.15) is 6.42 Å². The second-order valence-electron chi connectivity index (χ2n) is 4.56. The van der Waals surface area contributed by atoms with E-state index in [1.54, 1.807) is 13.3 Å². The van der Waals surface area contributed by atoms with Crippen LogP contribution in [-0.4, -0.2) is 37.8 Å². The number of aromatic nitrogens is 1. The zero-order valence-electron chi connectivity index (χ0n) is 9.52. The molecule has 0 aromatic carbocycles. The first kappa shape index (κ1) is 9.90. The van der Waals surface area contributed by atoms with Crippen molar-refractivity contribution < 1.29 is 4.74 Å². The van der Waals surface area contributed by atoms with Crippen LogP contribution in [0, 0.1) is 5.92 Å². The van der Waals surface area contributed by atoms with Gasteiger partial charge < -0.3 is 15.0 Å². The van der Waals surface area contributed by atoms with E-state index in [9.17, 15) is 0 Å². The van der Waals surface area contributed by atoms with E-state index in [0.717, 1.165) is 18.2 Å². The summed E-state index contributed by atoms with van der Waals surface area (Å²) in [5.74, 6) is 1.71. The van der Waals surface area contributed by atoms with Gasteiger partial charge in [-0.2, -0.15) is 0 Å². The molecule has 1 N–H and O–H groups in total. The van der Waals surface area contributed by atoms with Gasteiger partial charge in [-0.05, 0) is 18.9 Å². The van der Waals surface area contributed by atoms with Crippen LogP contribution in [0.15, 0.2) is 18.5 Å². The Hall–Kier alpha value is -1.29. The third-order valence-corrected chi connectivity index (χ3v) is 3.69. The number of ether oxygens (including phenoxy) is 1. The maximum absolute atomic E-state index is 5.20. The molecule has 0 radical (unpaired) electrons. The minimum absolute atomic E-state index is 0.655. The molecule has 86 valence electrons. The van der Waals surface area contributed by atoms with Crippen LogP contribution in [0.2, 0.25) is 0 Å². The number of nitrogens with one attached hydrogen (secondary N) is 1. The molecule has 0 amide bonds. The second kappa shape index (κ2) is 3.94. The van der Waals surface area contributed by atoms with Crippen molar-refractivity contribution in [2.45, 2.75) is 12.5 Å². The number of hydrogen-bond acceptors (Lipinski definition) is 4. The minimum atomic E-state index is 0.655. The molecule has 3 heterocycles. The molecule has 2 saturated heterocycles. The summed E-state index contributed by atoms with van der Waals surface area (Å²) in [5, 5.41) is 3.45. The predicted octanol–water partition coefficient (Wildman–Crippen LogP) is 0.888. The summed E-state index contributed by atoms with van der Waals surface area (Å²) in [6.45, 7) is 3.44. The first-order chi connectivity index (χ1) is 7.88. The van der Waals surface area contributed by atoms with Crippen molar-refractivity contribution in [1.29, 1.82) is 0 Å². The largest absolute Gasteiger partial charge is 0.495 e. The Labute approximate surface area is 95.6 Å². The van der Waals surface area contributed by atoms with Crippen molar-refractivity contribution in [3.05, 3.63) is 18.5 Å². The highest BCUT2D eigenvalue weighted by molar-refractivity contribution is 5.52. The Morgan fingerprint density at radius 1 is 1.50 bits per heavy atom. The molecule has 2 aliphatic rings. The molecule has 0 bridgehead atoms. The van der Waals surface area contributed by atoms with Gasteiger partial charge in [-0.1, -0.05) is 0 Å². The van der Waals surface area contributed by atoms with Gasteiger partial charge in [0.05, 0.1) is 25.2 Å². The molecule has 0 aliphatic carbocycles. The van der Waals surface area contributed by atoms with Crippen molar-refractivity contribution in [2.75, 3.05) is 31.6 Å². The first-order valence-corrected chi connectivity index (χ1v) is 5.85. The van der Waals surface area contributed by atoms with Gasteiger partial charge in [0.2, 0.25) is 0 Å². The van der Waals surface area contributed by atoms with Gasteiger partial charge in [0.1, 0.15) is 5.75 Å². The molecule has 0 unspecified atom stereocenters. The highest BCUT2D eigenvalue weighted by atomic mass is 16.5. The normalized spacial score (nSPS) is 28.2. The third-order valence-electron chi connectivity index (χ3n) is 3.69. The standard InChI is InChI=1S/C12H17N3O/c1-16-11-4-10(5-14-6-11)15-8-9-2-3-13-7-12(9)15/h4-6,9,12-13H,2-3,7-8H2,1H3/t9-,12-/m0/s1. The first-order valence-electron chi connectivity index (χ1n) is 5.85. The van der Waals surface area contributed by atoms with Crippen LogP contribution in [0.25, 0.3) is 0 Å². The lowest BCUT2D eigenvalue weighted by atomic mass is 9.83. The molecule has 1 aromatic rings. The molecule has 0 spiro atoms. The monoisotopic (exact) mass is 219 g/mol. The van der Waals surface area contributed by atoms with E-state index in [-0.39, 0.29) is 0 Å². The second-order valence-corrected chi connectivity index (χ2v) is 4.56. The molecule has 4 heteroatoms. The number of methoxy groups -OCH3 is 1. The topological polar surface area (TPSA) is 37.4 Å². The fourth-order valence-corrected chi connectivity index (χ4v) is 2.70. The van der Waals surface area contributed by atoms with Crippen LogP contribution in [0.4, 0.5) is 5.69 Å². The fourth-order valence-electron chi connectivity index (χ4n) is 2.70. The Morgan fingerprint density at radius 3 is 3.25 bits per heavy atom.